The van der Waals surface area contributed by atoms with Gasteiger partial charge in [-0.2, -0.15) is 0 Å². The number of anilines is 2. The fraction of sp³-hybridized carbons (Fsp3) is 0.444. The fourth-order valence-corrected chi connectivity index (χ4v) is 1.32. The highest BCUT2D eigenvalue weighted by atomic mass is 16.5. The Morgan fingerprint density at radius 1 is 1.27 bits per heavy atom. The van der Waals surface area contributed by atoms with Crippen molar-refractivity contribution in [2.45, 2.75) is 0 Å². The molecule has 6 nitrogen and oxygen atoms in total. The molecule has 0 bridgehead atoms. The minimum atomic E-state index is -0.0790. The Balaban J connectivity index is 2.89. The van der Waals surface area contributed by atoms with Crippen molar-refractivity contribution in [3.05, 3.63) is 23.5 Å². The Hall–Kier alpha value is -1.53. The first-order valence-corrected chi connectivity index (χ1v) is 4.64. The van der Waals surface area contributed by atoms with Crippen LogP contribution < -0.4 is 15.4 Å². The molecule has 0 aliphatic heterocycles. The van der Waals surface area contributed by atoms with Crippen LogP contribution in [0.3, 0.4) is 0 Å². The molecule has 1 aromatic rings. The monoisotopic (exact) mass is 213 g/mol. The Morgan fingerprint density at radius 3 is 2.33 bits per heavy atom. The van der Waals surface area contributed by atoms with Crippen molar-refractivity contribution in [1.82, 2.24) is 0 Å². The number of nitrogens with zero attached hydrogens (tertiary/aromatic N) is 2. The van der Waals surface area contributed by atoms with Crippen molar-refractivity contribution < 1.29 is 14.9 Å². The molecule has 0 amide bonds. The van der Waals surface area contributed by atoms with E-state index < -0.39 is 0 Å². The Kier molecular flexibility index (Phi) is 4.14. The number of aromatic nitrogens is 1. The normalized spacial score (nSPS) is 10.3. The van der Waals surface area contributed by atoms with Crippen molar-refractivity contribution in [2.24, 2.45) is 0 Å². The Bertz CT molecular complexity index is 313. The van der Waals surface area contributed by atoms with Gasteiger partial charge in [-0.1, -0.05) is 0 Å². The molecule has 0 aromatic carbocycles. The average Bonchev–Trinajstić information content (AvgIpc) is 2.17. The molecular weight excluding hydrogens is 198 g/mol. The first-order valence-electron chi connectivity index (χ1n) is 4.64. The molecule has 0 spiro atoms. The van der Waals surface area contributed by atoms with Gasteiger partial charge in [-0.25, -0.2) is 4.73 Å². The van der Waals surface area contributed by atoms with Gasteiger partial charge in [0.2, 0.25) is 0 Å². The number of nitrogens with two attached hydrogens (primary N) is 1. The largest absolute Gasteiger partial charge is 0.711 e. The highest BCUT2D eigenvalue weighted by Crippen LogP contribution is 2.09. The van der Waals surface area contributed by atoms with Crippen LogP contribution in [0.1, 0.15) is 0 Å². The van der Waals surface area contributed by atoms with E-state index in [1.807, 2.05) is 0 Å². The van der Waals surface area contributed by atoms with Gasteiger partial charge >= 0.3 is 0 Å². The average molecular weight is 213 g/mol. The number of aliphatic hydroxyl groups excluding tert-OH is 2. The van der Waals surface area contributed by atoms with E-state index in [0.717, 1.165) is 0 Å². The number of pyridine rings is 1. The molecule has 1 heterocycles. The fourth-order valence-electron chi connectivity index (χ4n) is 1.32. The third-order valence-electron chi connectivity index (χ3n) is 1.98. The zero-order chi connectivity index (χ0) is 11.3. The number of rotatable bonds is 5. The summed E-state index contributed by atoms with van der Waals surface area (Å²) in [6, 6.07) is 3.17. The van der Waals surface area contributed by atoms with Gasteiger partial charge in [0, 0.05) is 6.07 Å². The predicted octanol–water partition coefficient (Wildman–Crippen LogP) is -1.31. The highest BCUT2D eigenvalue weighted by molar-refractivity contribution is 5.41. The molecule has 1 rings (SSSR count). The van der Waals surface area contributed by atoms with Crippen molar-refractivity contribution in [1.29, 1.82) is 0 Å². The van der Waals surface area contributed by atoms with Crippen LogP contribution in [-0.2, 0) is 0 Å². The van der Waals surface area contributed by atoms with E-state index in [1.54, 1.807) is 17.0 Å². The summed E-state index contributed by atoms with van der Waals surface area (Å²) in [7, 11) is 0. The van der Waals surface area contributed by atoms with Crippen LogP contribution in [0.4, 0.5) is 11.5 Å². The minimum Gasteiger partial charge on any atom is -0.711 e. The quantitative estimate of drug-likeness (QED) is 0.417. The first kappa shape index (κ1) is 11.5. The van der Waals surface area contributed by atoms with E-state index in [-0.39, 0.29) is 13.2 Å². The van der Waals surface area contributed by atoms with E-state index in [0.29, 0.717) is 29.3 Å². The third-order valence-corrected chi connectivity index (χ3v) is 1.98. The molecule has 1 aromatic heterocycles. The van der Waals surface area contributed by atoms with Crippen LogP contribution in [0, 0.1) is 5.21 Å². The third kappa shape index (κ3) is 2.97. The van der Waals surface area contributed by atoms with Crippen LogP contribution in [0.5, 0.6) is 0 Å². The second kappa shape index (κ2) is 5.38. The van der Waals surface area contributed by atoms with Crippen LogP contribution in [-0.4, -0.2) is 36.5 Å². The van der Waals surface area contributed by atoms with Gasteiger partial charge in [-0.05, 0) is 6.07 Å². The molecule has 0 aliphatic carbocycles. The Labute approximate surface area is 87.8 Å². The van der Waals surface area contributed by atoms with E-state index in [1.165, 1.54) is 6.20 Å². The molecule has 0 radical (unpaired) electrons. The van der Waals surface area contributed by atoms with Crippen molar-refractivity contribution >= 4 is 11.5 Å². The zero-order valence-corrected chi connectivity index (χ0v) is 8.33. The molecule has 0 fully saturated rings. The van der Waals surface area contributed by atoms with Gasteiger partial charge in [0.15, 0.2) is 0 Å². The summed E-state index contributed by atoms with van der Waals surface area (Å²) in [4.78, 5) is 1.59. The number of hydrogen-bond acceptors (Lipinski definition) is 5. The summed E-state index contributed by atoms with van der Waals surface area (Å²) in [5, 5.41) is 29.1. The summed E-state index contributed by atoms with van der Waals surface area (Å²) in [5.74, 6) is 0.368. The molecule has 6 heteroatoms. The van der Waals surface area contributed by atoms with E-state index in [2.05, 4.69) is 0 Å². The van der Waals surface area contributed by atoms with Crippen LogP contribution >= 0.6 is 0 Å². The van der Waals surface area contributed by atoms with E-state index in [9.17, 15) is 5.21 Å². The summed E-state index contributed by atoms with van der Waals surface area (Å²) < 4.78 is 0.626. The number of aliphatic hydroxyl groups is 2. The zero-order valence-electron chi connectivity index (χ0n) is 8.33. The highest BCUT2D eigenvalue weighted by Gasteiger charge is 2.15. The van der Waals surface area contributed by atoms with Crippen LogP contribution in [0.2, 0.25) is 0 Å². The summed E-state index contributed by atoms with van der Waals surface area (Å²) >= 11 is 0. The predicted molar refractivity (Wildman–Crippen MR) is 56.2 cm³/mol. The van der Waals surface area contributed by atoms with Crippen molar-refractivity contribution in [3.63, 3.8) is 0 Å². The molecule has 0 atom stereocenters. The molecule has 0 unspecified atom stereocenters. The van der Waals surface area contributed by atoms with Gasteiger partial charge in [0.05, 0.1) is 18.9 Å². The Morgan fingerprint density at radius 2 is 1.87 bits per heavy atom. The van der Waals surface area contributed by atoms with Gasteiger partial charge < -0.3 is 21.2 Å². The maximum absolute atomic E-state index is 11.5. The summed E-state index contributed by atoms with van der Waals surface area (Å²) in [6.07, 6.45) is 1.25. The van der Waals surface area contributed by atoms with Gasteiger partial charge in [0.1, 0.15) is 19.3 Å². The van der Waals surface area contributed by atoms with Gasteiger partial charge in [-0.3, -0.25) is 4.90 Å². The first-order chi connectivity index (χ1) is 7.19. The van der Waals surface area contributed by atoms with Gasteiger partial charge in [-0.15, -0.1) is 0 Å². The SMILES string of the molecule is Nc1ccc(N(CCO)CCO)[n+]([O-])c1. The maximum atomic E-state index is 11.5. The minimum absolute atomic E-state index is 0.0790. The number of hydrogen-bond donors (Lipinski definition) is 3. The molecule has 0 aliphatic rings. The number of nitrogen functional groups attached to an aromatic ring is 1. The molecule has 4 N–H and O–H groups in total. The molecule has 0 saturated heterocycles. The van der Waals surface area contributed by atoms with Gasteiger partial charge in [0.25, 0.3) is 5.82 Å². The lowest BCUT2D eigenvalue weighted by atomic mass is 10.3. The molecule has 0 saturated carbocycles. The second-order valence-electron chi connectivity index (χ2n) is 3.08. The smallest absolute Gasteiger partial charge is 0.279 e. The second-order valence-corrected chi connectivity index (χ2v) is 3.08. The molecule has 15 heavy (non-hydrogen) atoms. The molecule has 84 valence electrons. The van der Waals surface area contributed by atoms with Crippen molar-refractivity contribution in [2.75, 3.05) is 36.9 Å². The molecular formula is C9H15N3O3. The van der Waals surface area contributed by atoms with E-state index >= 15 is 0 Å². The van der Waals surface area contributed by atoms with Crippen molar-refractivity contribution in [3.8, 4) is 0 Å². The lowest BCUT2D eigenvalue weighted by Crippen LogP contribution is -2.41. The summed E-state index contributed by atoms with van der Waals surface area (Å²) in [5.41, 5.74) is 5.81. The maximum Gasteiger partial charge on any atom is 0.279 e. The van der Waals surface area contributed by atoms with Crippen LogP contribution in [0.25, 0.3) is 0 Å². The summed E-state index contributed by atoms with van der Waals surface area (Å²) in [6.45, 7) is 0.439. The van der Waals surface area contributed by atoms with E-state index in [4.69, 9.17) is 15.9 Å². The van der Waals surface area contributed by atoms with Crippen LogP contribution in [0.15, 0.2) is 18.3 Å². The lowest BCUT2D eigenvalue weighted by molar-refractivity contribution is -0.591. The lowest BCUT2D eigenvalue weighted by Gasteiger charge is -2.19. The standard InChI is InChI=1S/C9H15N3O3/c10-8-1-2-9(12(15)7-8)11(3-5-13)4-6-14/h1-2,7,13-14H,3-6,10H2. The topological polar surface area (TPSA) is 96.7 Å².